The molecule has 0 spiro atoms. The molecule has 2 saturated heterocycles. The van der Waals surface area contributed by atoms with Gasteiger partial charge in [-0.1, -0.05) is 23.7 Å². The van der Waals surface area contributed by atoms with E-state index in [1.54, 1.807) is 24.3 Å². The Hall–Kier alpha value is -2.18. The zero-order valence-electron chi connectivity index (χ0n) is 20.1. The molecule has 0 bridgehead atoms. The Balaban J connectivity index is 1.52. The highest BCUT2D eigenvalue weighted by molar-refractivity contribution is 7.48. The Bertz CT molecular complexity index is 1150. The van der Waals surface area contributed by atoms with E-state index in [4.69, 9.17) is 40.4 Å². The normalized spacial score (nSPS) is 35.0. The number of phosphoric ester groups is 1. The van der Waals surface area contributed by atoms with Crippen molar-refractivity contribution in [1.29, 1.82) is 0 Å². The first-order valence-electron chi connectivity index (χ1n) is 11.6. The summed E-state index contributed by atoms with van der Waals surface area (Å²) in [7, 11) is -4.15. The van der Waals surface area contributed by atoms with E-state index in [9.17, 15) is 18.9 Å². The molecule has 0 saturated carbocycles. The van der Waals surface area contributed by atoms with Crippen LogP contribution >= 0.6 is 19.4 Å². The molecule has 14 heteroatoms. The predicted octanol–water partition coefficient (Wildman–Crippen LogP) is 2.97. The van der Waals surface area contributed by atoms with Crippen LogP contribution in [0.25, 0.3) is 0 Å². The SMILES string of the molecule is C[C@H](N)C(=O)O[C@@H]1[C@@H](COP2(=O)OCC[C@@H](c3cccc(Cl)c3)O2)O[C@@H](N2C=CC(=O)CC2=O)[C@]1(C)F. The van der Waals surface area contributed by atoms with Gasteiger partial charge in [0.2, 0.25) is 5.91 Å². The van der Waals surface area contributed by atoms with Crippen molar-refractivity contribution in [1.82, 2.24) is 4.90 Å². The van der Waals surface area contributed by atoms with E-state index in [0.717, 1.165) is 24.1 Å². The first-order valence-corrected chi connectivity index (χ1v) is 13.4. The van der Waals surface area contributed by atoms with Crippen LogP contribution in [0.5, 0.6) is 0 Å². The van der Waals surface area contributed by atoms with Gasteiger partial charge in [0.25, 0.3) is 0 Å². The van der Waals surface area contributed by atoms with Gasteiger partial charge in [0, 0.05) is 17.6 Å². The largest absolute Gasteiger partial charge is 0.475 e. The summed E-state index contributed by atoms with van der Waals surface area (Å²) in [6.07, 6.45) is -3.00. The number of phosphoric acid groups is 1. The average Bonchev–Trinajstić information content (AvgIpc) is 3.07. The van der Waals surface area contributed by atoms with Crippen LogP contribution in [0.15, 0.2) is 36.5 Å². The highest BCUT2D eigenvalue weighted by Crippen LogP contribution is 2.57. The minimum Gasteiger partial charge on any atom is -0.455 e. The molecule has 202 valence electrons. The van der Waals surface area contributed by atoms with E-state index < -0.39 is 74.8 Å². The number of ketones is 1. The van der Waals surface area contributed by atoms with Gasteiger partial charge < -0.3 is 15.2 Å². The molecule has 0 aromatic heterocycles. The van der Waals surface area contributed by atoms with Crippen LogP contribution in [0.2, 0.25) is 5.02 Å². The van der Waals surface area contributed by atoms with Crippen molar-refractivity contribution in [2.24, 2.45) is 5.73 Å². The van der Waals surface area contributed by atoms with Gasteiger partial charge in [0.15, 0.2) is 23.8 Å². The third kappa shape index (κ3) is 6.12. The molecule has 1 aromatic carbocycles. The zero-order chi connectivity index (χ0) is 27.0. The number of carbonyl (C=O) groups is 3. The first kappa shape index (κ1) is 27.8. The lowest BCUT2D eigenvalue weighted by Gasteiger charge is -2.33. The van der Waals surface area contributed by atoms with E-state index >= 15 is 4.39 Å². The average molecular weight is 561 g/mol. The number of esters is 1. The molecule has 4 rings (SSSR count). The van der Waals surface area contributed by atoms with Crippen LogP contribution in [0, 0.1) is 0 Å². The molecular formula is C23H27ClFN2O9P. The number of ether oxygens (including phenoxy) is 2. The Morgan fingerprint density at radius 2 is 2.16 bits per heavy atom. The number of halogens is 2. The van der Waals surface area contributed by atoms with E-state index in [1.165, 1.54) is 6.92 Å². The molecule has 3 aliphatic heterocycles. The molecule has 11 nitrogen and oxygen atoms in total. The maximum atomic E-state index is 16.1. The molecule has 0 aliphatic carbocycles. The third-order valence-electron chi connectivity index (χ3n) is 6.09. The summed E-state index contributed by atoms with van der Waals surface area (Å²) in [6.45, 7) is 1.92. The summed E-state index contributed by atoms with van der Waals surface area (Å²) in [4.78, 5) is 37.2. The van der Waals surface area contributed by atoms with E-state index in [2.05, 4.69) is 0 Å². The zero-order valence-corrected chi connectivity index (χ0v) is 21.7. The van der Waals surface area contributed by atoms with E-state index in [1.807, 2.05) is 0 Å². The summed E-state index contributed by atoms with van der Waals surface area (Å²) in [6, 6.07) is 5.75. The predicted molar refractivity (Wildman–Crippen MR) is 127 cm³/mol. The fourth-order valence-electron chi connectivity index (χ4n) is 4.19. The first-order chi connectivity index (χ1) is 17.4. The molecule has 0 radical (unpaired) electrons. The highest BCUT2D eigenvalue weighted by atomic mass is 35.5. The number of rotatable bonds is 7. The number of nitrogens with zero attached hydrogens (tertiary/aromatic N) is 1. The Morgan fingerprint density at radius 1 is 1.41 bits per heavy atom. The third-order valence-corrected chi connectivity index (χ3v) is 7.80. The second-order valence-electron chi connectivity index (χ2n) is 9.10. The standard InChI is InChI=1S/C23H27ClFN2O9P/c1-13(26)21(30)35-20-18(34-22(23(20,2)25)27-8-6-16(28)11-19(27)29)12-33-37(31)32-9-7-17(36-37)14-4-3-5-15(24)10-14/h3-6,8,10,13,17-18,20,22H,7,9,11-12,26H2,1-2H3/t13-,17-,18+,20+,22+,23+,37?/m0/s1. The lowest BCUT2D eigenvalue weighted by molar-refractivity contribution is -0.159. The van der Waals surface area contributed by atoms with Crippen molar-refractivity contribution < 1.29 is 46.4 Å². The number of hydrogen-bond donors (Lipinski definition) is 1. The van der Waals surface area contributed by atoms with Crippen molar-refractivity contribution in [3.8, 4) is 0 Å². The summed E-state index contributed by atoms with van der Waals surface area (Å²) >= 11 is 6.04. The van der Waals surface area contributed by atoms with Crippen LogP contribution in [0.3, 0.4) is 0 Å². The van der Waals surface area contributed by atoms with Crippen LogP contribution in [0.4, 0.5) is 4.39 Å². The van der Waals surface area contributed by atoms with Crippen LogP contribution in [0.1, 0.15) is 38.4 Å². The van der Waals surface area contributed by atoms with Crippen molar-refractivity contribution >= 4 is 37.1 Å². The molecule has 7 atom stereocenters. The number of alkyl halides is 1. The number of nitrogens with two attached hydrogens (primary N) is 1. The van der Waals surface area contributed by atoms with Crippen LogP contribution in [-0.2, 0) is 42.0 Å². The maximum absolute atomic E-state index is 16.1. The molecule has 2 fully saturated rings. The minimum absolute atomic E-state index is 0.0492. The van der Waals surface area contributed by atoms with Crippen molar-refractivity contribution in [3.05, 3.63) is 47.1 Å². The van der Waals surface area contributed by atoms with Gasteiger partial charge in [-0.3, -0.25) is 32.9 Å². The summed E-state index contributed by atoms with van der Waals surface area (Å²) in [5, 5.41) is 0.470. The van der Waals surface area contributed by atoms with Gasteiger partial charge in [-0.25, -0.2) is 8.96 Å². The lowest BCUT2D eigenvalue weighted by Crippen LogP contribution is -2.53. The Morgan fingerprint density at radius 3 is 2.84 bits per heavy atom. The highest BCUT2D eigenvalue weighted by Gasteiger charge is 2.60. The number of carbonyl (C=O) groups excluding carboxylic acids is 3. The fraction of sp³-hybridized carbons (Fsp3) is 0.522. The summed E-state index contributed by atoms with van der Waals surface area (Å²) in [5.74, 6) is -2.06. The fourth-order valence-corrected chi connectivity index (χ4v) is 5.79. The number of benzene rings is 1. The van der Waals surface area contributed by atoms with Crippen LogP contribution in [-0.4, -0.2) is 65.9 Å². The number of allylic oxidation sites excluding steroid dienone is 1. The molecular weight excluding hydrogens is 534 g/mol. The molecule has 3 heterocycles. The minimum atomic E-state index is -4.15. The monoisotopic (exact) mass is 560 g/mol. The Labute approximate surface area is 217 Å². The van der Waals surface area contributed by atoms with Crippen LogP contribution < -0.4 is 5.73 Å². The van der Waals surface area contributed by atoms with Gasteiger partial charge in [0.1, 0.15) is 12.1 Å². The second kappa shape index (κ2) is 10.9. The number of hydrogen-bond acceptors (Lipinski definition) is 10. The lowest BCUT2D eigenvalue weighted by atomic mass is 9.97. The van der Waals surface area contributed by atoms with Gasteiger partial charge in [-0.15, -0.1) is 0 Å². The molecule has 1 amide bonds. The summed E-state index contributed by atoms with van der Waals surface area (Å²) < 4.78 is 56.7. The Kier molecular flexibility index (Phi) is 8.20. The maximum Gasteiger partial charge on any atom is 0.475 e. The molecule has 37 heavy (non-hydrogen) atoms. The van der Waals surface area contributed by atoms with Gasteiger partial charge in [-0.2, -0.15) is 0 Å². The van der Waals surface area contributed by atoms with E-state index in [-0.39, 0.29) is 6.61 Å². The molecule has 2 N–H and O–H groups in total. The van der Waals surface area contributed by atoms with E-state index in [0.29, 0.717) is 17.0 Å². The quantitative estimate of drug-likeness (QED) is 0.300. The molecule has 1 unspecified atom stereocenters. The molecule has 3 aliphatic rings. The topological polar surface area (TPSA) is 144 Å². The smallest absolute Gasteiger partial charge is 0.455 e. The number of amides is 1. The van der Waals surface area contributed by atoms with Gasteiger partial charge in [0.05, 0.1) is 25.7 Å². The summed E-state index contributed by atoms with van der Waals surface area (Å²) in [5.41, 5.74) is 3.79. The van der Waals surface area contributed by atoms with Gasteiger partial charge >= 0.3 is 13.8 Å². The van der Waals surface area contributed by atoms with Crippen molar-refractivity contribution in [2.75, 3.05) is 13.2 Å². The van der Waals surface area contributed by atoms with Crippen molar-refractivity contribution in [2.45, 2.75) is 62.9 Å². The van der Waals surface area contributed by atoms with Gasteiger partial charge in [-0.05, 0) is 37.6 Å². The van der Waals surface area contributed by atoms with Crippen molar-refractivity contribution in [3.63, 3.8) is 0 Å². The second-order valence-corrected chi connectivity index (χ2v) is 11.2. The molecule has 1 aromatic rings.